The number of nitrogens with zero attached hydrogens (tertiary/aromatic N) is 4. The van der Waals surface area contributed by atoms with Crippen LogP contribution in [-0.4, -0.2) is 26.0 Å². The van der Waals surface area contributed by atoms with Crippen molar-refractivity contribution < 1.29 is 9.18 Å². The molecular formula is C20H16FN7O. The summed E-state index contributed by atoms with van der Waals surface area (Å²) < 4.78 is 15.2. The Bertz CT molecular complexity index is 1100. The van der Waals surface area contributed by atoms with Gasteiger partial charge in [0, 0.05) is 23.8 Å². The third-order valence-electron chi connectivity index (χ3n) is 3.93. The van der Waals surface area contributed by atoms with Crippen LogP contribution in [0, 0.1) is 5.82 Å². The Morgan fingerprint density at radius 3 is 2.34 bits per heavy atom. The predicted octanol–water partition coefficient (Wildman–Crippen LogP) is 4.19. The summed E-state index contributed by atoms with van der Waals surface area (Å²) in [4.78, 5) is 12.0. The molecule has 2 aromatic heterocycles. The average molecular weight is 389 g/mol. The molecule has 3 N–H and O–H groups in total. The van der Waals surface area contributed by atoms with Crippen molar-refractivity contribution in [2.45, 2.75) is 0 Å². The van der Waals surface area contributed by atoms with Gasteiger partial charge >= 0.3 is 6.03 Å². The lowest BCUT2D eigenvalue weighted by molar-refractivity contribution is 0.262. The minimum Gasteiger partial charge on any atom is -0.339 e. The molecule has 144 valence electrons. The number of hydrogen-bond acceptors (Lipinski definition) is 5. The number of amides is 2. The number of carbonyl (C=O) groups excluding carboxylic acids is 1. The highest BCUT2D eigenvalue weighted by Gasteiger charge is 2.07. The third-order valence-corrected chi connectivity index (χ3v) is 3.93. The van der Waals surface area contributed by atoms with Crippen molar-refractivity contribution in [3.8, 4) is 5.82 Å². The second-order valence-electron chi connectivity index (χ2n) is 5.99. The highest BCUT2D eigenvalue weighted by molar-refractivity contribution is 5.99. The van der Waals surface area contributed by atoms with Gasteiger partial charge in [0.05, 0.1) is 5.69 Å². The molecular weight excluding hydrogens is 373 g/mol. The lowest BCUT2D eigenvalue weighted by Crippen LogP contribution is -2.20. The Labute approximate surface area is 165 Å². The quantitative estimate of drug-likeness (QED) is 0.476. The zero-order chi connectivity index (χ0) is 20.1. The first kappa shape index (κ1) is 18.1. The summed E-state index contributed by atoms with van der Waals surface area (Å²) in [5, 5.41) is 20.6. The van der Waals surface area contributed by atoms with Gasteiger partial charge in [0.1, 0.15) is 5.82 Å². The van der Waals surface area contributed by atoms with Crippen molar-refractivity contribution in [1.29, 1.82) is 0 Å². The van der Waals surface area contributed by atoms with E-state index in [4.69, 9.17) is 0 Å². The van der Waals surface area contributed by atoms with Crippen molar-refractivity contribution in [3.63, 3.8) is 0 Å². The number of para-hydroxylation sites is 1. The average Bonchev–Trinajstić information content (AvgIpc) is 3.27. The fourth-order valence-electron chi connectivity index (χ4n) is 2.55. The van der Waals surface area contributed by atoms with Gasteiger partial charge in [-0.3, -0.25) is 0 Å². The highest BCUT2D eigenvalue weighted by atomic mass is 19.1. The second-order valence-corrected chi connectivity index (χ2v) is 5.99. The number of hydrogen-bond donors (Lipinski definition) is 3. The van der Waals surface area contributed by atoms with Crippen LogP contribution < -0.4 is 16.0 Å². The third kappa shape index (κ3) is 4.53. The zero-order valence-electron chi connectivity index (χ0n) is 15.1. The molecule has 0 saturated carbocycles. The molecule has 9 heteroatoms. The van der Waals surface area contributed by atoms with Gasteiger partial charge < -0.3 is 16.0 Å². The fourth-order valence-corrected chi connectivity index (χ4v) is 2.55. The van der Waals surface area contributed by atoms with E-state index in [-0.39, 0.29) is 5.69 Å². The smallest absolute Gasteiger partial charge is 0.323 e. The van der Waals surface area contributed by atoms with Crippen LogP contribution in [0.25, 0.3) is 5.82 Å². The maximum atomic E-state index is 13.6. The molecule has 0 bridgehead atoms. The Kier molecular flexibility index (Phi) is 5.10. The molecule has 0 atom stereocenters. The second kappa shape index (κ2) is 8.17. The van der Waals surface area contributed by atoms with Gasteiger partial charge in [-0.05, 0) is 54.6 Å². The first-order valence-corrected chi connectivity index (χ1v) is 8.71. The number of anilines is 4. The van der Waals surface area contributed by atoms with Crippen molar-refractivity contribution >= 4 is 28.9 Å². The first-order valence-electron chi connectivity index (χ1n) is 8.71. The molecule has 0 unspecified atom stereocenters. The van der Waals surface area contributed by atoms with E-state index in [2.05, 4.69) is 31.2 Å². The van der Waals surface area contributed by atoms with Gasteiger partial charge in [-0.2, -0.15) is 5.10 Å². The summed E-state index contributed by atoms with van der Waals surface area (Å²) in [6, 6.07) is 17.8. The van der Waals surface area contributed by atoms with E-state index in [9.17, 15) is 9.18 Å². The predicted molar refractivity (Wildman–Crippen MR) is 108 cm³/mol. The molecule has 0 spiro atoms. The zero-order valence-corrected chi connectivity index (χ0v) is 15.1. The summed E-state index contributed by atoms with van der Waals surface area (Å²) >= 11 is 0. The normalized spacial score (nSPS) is 10.4. The van der Waals surface area contributed by atoms with Gasteiger partial charge in [0.2, 0.25) is 0 Å². The van der Waals surface area contributed by atoms with Crippen LogP contribution in [0.15, 0.2) is 79.1 Å². The Morgan fingerprint density at radius 2 is 1.66 bits per heavy atom. The van der Waals surface area contributed by atoms with Gasteiger partial charge in [-0.1, -0.05) is 12.1 Å². The number of benzene rings is 2. The summed E-state index contributed by atoms with van der Waals surface area (Å²) in [6.45, 7) is 0. The maximum Gasteiger partial charge on any atom is 0.323 e. The van der Waals surface area contributed by atoms with Crippen LogP contribution in [0.1, 0.15) is 0 Å². The first-order chi connectivity index (χ1) is 14.2. The SMILES string of the molecule is O=C(Nc1ccc(Nc2ccc(-n3cccn3)nn2)cc1)Nc1ccccc1F. The molecule has 0 aliphatic carbocycles. The topological polar surface area (TPSA) is 96.8 Å². The van der Waals surface area contributed by atoms with E-state index >= 15 is 0 Å². The number of carbonyl (C=O) groups is 1. The molecule has 0 aliphatic heterocycles. The van der Waals surface area contributed by atoms with Crippen molar-refractivity contribution in [2.24, 2.45) is 0 Å². The van der Waals surface area contributed by atoms with E-state index in [1.54, 1.807) is 71.7 Å². The van der Waals surface area contributed by atoms with E-state index in [0.29, 0.717) is 17.3 Å². The van der Waals surface area contributed by atoms with Crippen molar-refractivity contribution in [3.05, 3.63) is 84.9 Å². The van der Waals surface area contributed by atoms with Crippen LogP contribution in [0.4, 0.5) is 32.1 Å². The molecule has 2 amide bonds. The minimum absolute atomic E-state index is 0.111. The van der Waals surface area contributed by atoms with E-state index in [1.807, 2.05) is 0 Å². The molecule has 8 nitrogen and oxygen atoms in total. The van der Waals surface area contributed by atoms with Crippen LogP contribution >= 0.6 is 0 Å². The fraction of sp³-hybridized carbons (Fsp3) is 0. The number of halogens is 1. The van der Waals surface area contributed by atoms with Gasteiger partial charge in [0.15, 0.2) is 11.6 Å². The van der Waals surface area contributed by atoms with E-state index in [0.717, 1.165) is 5.69 Å². The maximum absolute atomic E-state index is 13.6. The summed E-state index contributed by atoms with van der Waals surface area (Å²) in [5.74, 6) is 0.682. The highest BCUT2D eigenvalue weighted by Crippen LogP contribution is 2.18. The summed E-state index contributed by atoms with van der Waals surface area (Å²) in [7, 11) is 0. The summed E-state index contributed by atoms with van der Waals surface area (Å²) in [5.41, 5.74) is 1.44. The molecule has 0 aliphatic rings. The molecule has 29 heavy (non-hydrogen) atoms. The van der Waals surface area contributed by atoms with Crippen LogP contribution in [0.5, 0.6) is 0 Å². The number of urea groups is 1. The van der Waals surface area contributed by atoms with Crippen LogP contribution in [0.3, 0.4) is 0 Å². The summed E-state index contributed by atoms with van der Waals surface area (Å²) in [6.07, 6.45) is 3.45. The molecule has 0 fully saturated rings. The standard InChI is InChI=1S/C20H16FN7O/c21-16-4-1-2-5-17(16)25-20(29)24-15-8-6-14(7-9-15)23-18-10-11-19(27-26-18)28-13-3-12-22-28/h1-13H,(H,23,26)(H2,24,25,29). The van der Waals surface area contributed by atoms with Gasteiger partial charge in [0.25, 0.3) is 0 Å². The monoisotopic (exact) mass is 389 g/mol. The molecule has 4 rings (SSSR count). The largest absolute Gasteiger partial charge is 0.339 e. The van der Waals surface area contributed by atoms with Crippen molar-refractivity contribution in [2.75, 3.05) is 16.0 Å². The lowest BCUT2D eigenvalue weighted by atomic mass is 10.2. The van der Waals surface area contributed by atoms with Crippen molar-refractivity contribution in [1.82, 2.24) is 20.0 Å². The molecule has 0 saturated heterocycles. The van der Waals surface area contributed by atoms with Crippen LogP contribution in [0.2, 0.25) is 0 Å². The molecule has 2 aromatic carbocycles. The van der Waals surface area contributed by atoms with Gasteiger partial charge in [-0.25, -0.2) is 13.9 Å². The van der Waals surface area contributed by atoms with E-state index < -0.39 is 11.8 Å². The minimum atomic E-state index is -0.532. The Morgan fingerprint density at radius 1 is 0.862 bits per heavy atom. The Hall–Kier alpha value is -4.27. The number of aromatic nitrogens is 4. The number of nitrogens with one attached hydrogen (secondary N) is 3. The van der Waals surface area contributed by atoms with Gasteiger partial charge in [-0.15, -0.1) is 10.2 Å². The molecule has 0 radical (unpaired) electrons. The van der Waals surface area contributed by atoms with E-state index in [1.165, 1.54) is 12.1 Å². The molecule has 2 heterocycles. The Balaban J connectivity index is 1.35. The number of rotatable bonds is 5. The molecule has 4 aromatic rings. The van der Waals surface area contributed by atoms with Crippen LogP contribution in [-0.2, 0) is 0 Å². The lowest BCUT2D eigenvalue weighted by Gasteiger charge is -2.10.